The highest BCUT2D eigenvalue weighted by Gasteiger charge is 2.16. The number of hydrogen-bond donors (Lipinski definition) is 1. The molecule has 1 aliphatic rings. The standard InChI is InChI=1S/C19H26N4OS/c1-3-14(2)15-8-10-16(11-9-15)20-18(24)13-25-19-22-21-17-7-5-4-6-12-23(17)19/h8-11,14H,3-7,12-13H2,1-2H3,(H,20,24)/t14-/m0/s1. The predicted octanol–water partition coefficient (Wildman–Crippen LogP) is 4.25. The third-order valence-corrected chi connectivity index (χ3v) is 5.75. The molecule has 5 nitrogen and oxygen atoms in total. The lowest BCUT2D eigenvalue weighted by Gasteiger charge is -2.10. The number of thioether (sulfide) groups is 1. The van der Waals surface area contributed by atoms with Gasteiger partial charge in [-0.05, 0) is 42.9 Å². The zero-order chi connectivity index (χ0) is 17.6. The average Bonchev–Trinajstić information content (AvgIpc) is 2.86. The van der Waals surface area contributed by atoms with Crippen molar-refractivity contribution in [3.63, 3.8) is 0 Å². The first-order chi connectivity index (χ1) is 12.2. The van der Waals surface area contributed by atoms with Crippen molar-refractivity contribution in [1.29, 1.82) is 0 Å². The predicted molar refractivity (Wildman–Crippen MR) is 102 cm³/mol. The minimum absolute atomic E-state index is 0.00716. The Morgan fingerprint density at radius 1 is 1.24 bits per heavy atom. The largest absolute Gasteiger partial charge is 0.325 e. The Morgan fingerprint density at radius 3 is 2.80 bits per heavy atom. The lowest BCUT2D eigenvalue weighted by Crippen LogP contribution is -2.14. The molecule has 1 aromatic heterocycles. The van der Waals surface area contributed by atoms with E-state index in [2.05, 4.69) is 46.1 Å². The van der Waals surface area contributed by atoms with Gasteiger partial charge in [-0.25, -0.2) is 0 Å². The van der Waals surface area contributed by atoms with Crippen LogP contribution in [-0.4, -0.2) is 26.4 Å². The van der Waals surface area contributed by atoms with Crippen molar-refractivity contribution >= 4 is 23.4 Å². The number of benzene rings is 1. The van der Waals surface area contributed by atoms with Crippen LogP contribution in [0.15, 0.2) is 29.4 Å². The van der Waals surface area contributed by atoms with E-state index >= 15 is 0 Å². The second-order valence-electron chi connectivity index (χ2n) is 6.63. The summed E-state index contributed by atoms with van der Waals surface area (Å²) in [5.41, 5.74) is 2.15. The van der Waals surface area contributed by atoms with Crippen molar-refractivity contribution in [3.8, 4) is 0 Å². The summed E-state index contributed by atoms with van der Waals surface area (Å²) < 4.78 is 2.17. The lowest BCUT2D eigenvalue weighted by molar-refractivity contribution is -0.113. The summed E-state index contributed by atoms with van der Waals surface area (Å²) in [6.07, 6.45) is 5.68. The molecule has 0 fully saturated rings. The zero-order valence-corrected chi connectivity index (χ0v) is 15.8. The van der Waals surface area contributed by atoms with E-state index in [0.29, 0.717) is 11.7 Å². The van der Waals surface area contributed by atoms with Gasteiger partial charge in [0.25, 0.3) is 0 Å². The van der Waals surface area contributed by atoms with Crippen LogP contribution < -0.4 is 5.32 Å². The Bertz CT molecular complexity index is 711. The van der Waals surface area contributed by atoms with E-state index in [9.17, 15) is 4.79 Å². The fourth-order valence-corrected chi connectivity index (χ4v) is 3.81. The van der Waals surface area contributed by atoms with Crippen LogP contribution in [0.25, 0.3) is 0 Å². The molecule has 0 radical (unpaired) electrons. The Morgan fingerprint density at radius 2 is 2.04 bits per heavy atom. The minimum atomic E-state index is -0.00716. The Balaban J connectivity index is 1.54. The van der Waals surface area contributed by atoms with E-state index in [1.54, 1.807) is 0 Å². The number of aromatic nitrogens is 3. The van der Waals surface area contributed by atoms with Crippen LogP contribution in [0.2, 0.25) is 0 Å². The number of carbonyl (C=O) groups excluding carboxylic acids is 1. The molecule has 0 saturated carbocycles. The Labute approximate surface area is 153 Å². The molecule has 134 valence electrons. The number of nitrogens with zero attached hydrogens (tertiary/aromatic N) is 3. The first-order valence-electron chi connectivity index (χ1n) is 9.12. The molecule has 1 aliphatic heterocycles. The van der Waals surface area contributed by atoms with E-state index in [4.69, 9.17) is 0 Å². The van der Waals surface area contributed by atoms with Gasteiger partial charge >= 0.3 is 0 Å². The fraction of sp³-hybridized carbons (Fsp3) is 0.526. The van der Waals surface area contributed by atoms with Gasteiger partial charge in [0, 0.05) is 18.7 Å². The summed E-state index contributed by atoms with van der Waals surface area (Å²) in [4.78, 5) is 12.2. The van der Waals surface area contributed by atoms with Crippen molar-refractivity contribution < 1.29 is 4.79 Å². The Hall–Kier alpha value is -1.82. The molecular formula is C19H26N4OS. The van der Waals surface area contributed by atoms with Crippen LogP contribution in [0.1, 0.15) is 56.8 Å². The van der Waals surface area contributed by atoms with Gasteiger partial charge in [0.05, 0.1) is 5.75 Å². The SMILES string of the molecule is CC[C@H](C)c1ccc(NC(=O)CSc2nnc3n2CCCCC3)cc1. The lowest BCUT2D eigenvalue weighted by atomic mass is 9.99. The van der Waals surface area contributed by atoms with Gasteiger partial charge in [-0.2, -0.15) is 0 Å². The monoisotopic (exact) mass is 358 g/mol. The van der Waals surface area contributed by atoms with Gasteiger partial charge in [0.1, 0.15) is 5.82 Å². The molecule has 2 heterocycles. The fourth-order valence-electron chi connectivity index (χ4n) is 3.02. The number of fused-ring (bicyclic) bond motifs is 1. The second kappa shape index (κ2) is 8.52. The minimum Gasteiger partial charge on any atom is -0.325 e. The van der Waals surface area contributed by atoms with E-state index in [-0.39, 0.29) is 5.91 Å². The van der Waals surface area contributed by atoms with Crippen LogP contribution in [0.3, 0.4) is 0 Å². The number of nitrogens with one attached hydrogen (secondary N) is 1. The molecule has 2 aromatic rings. The first kappa shape index (κ1) is 18.0. The number of rotatable bonds is 6. The van der Waals surface area contributed by atoms with E-state index < -0.39 is 0 Å². The van der Waals surface area contributed by atoms with Gasteiger partial charge in [0.2, 0.25) is 5.91 Å². The van der Waals surface area contributed by atoms with Gasteiger partial charge < -0.3 is 9.88 Å². The maximum atomic E-state index is 12.2. The molecule has 3 rings (SSSR count). The van der Waals surface area contributed by atoms with Crippen LogP contribution >= 0.6 is 11.8 Å². The molecule has 25 heavy (non-hydrogen) atoms. The van der Waals surface area contributed by atoms with E-state index in [1.165, 1.54) is 30.2 Å². The first-order valence-corrected chi connectivity index (χ1v) is 10.1. The van der Waals surface area contributed by atoms with E-state index in [0.717, 1.165) is 42.5 Å². The maximum absolute atomic E-state index is 12.2. The third kappa shape index (κ3) is 4.63. The highest BCUT2D eigenvalue weighted by Crippen LogP contribution is 2.23. The van der Waals surface area contributed by atoms with Crippen molar-refractivity contribution in [3.05, 3.63) is 35.7 Å². The van der Waals surface area contributed by atoms with Crippen LogP contribution in [-0.2, 0) is 17.8 Å². The third-order valence-electron chi connectivity index (χ3n) is 4.78. The number of anilines is 1. The quantitative estimate of drug-likeness (QED) is 0.784. The summed E-state index contributed by atoms with van der Waals surface area (Å²) in [6.45, 7) is 5.36. The van der Waals surface area contributed by atoms with Crippen molar-refractivity contribution in [2.24, 2.45) is 0 Å². The van der Waals surface area contributed by atoms with Gasteiger partial charge in [0.15, 0.2) is 5.16 Å². The van der Waals surface area contributed by atoms with Crippen LogP contribution in [0.4, 0.5) is 5.69 Å². The normalized spacial score (nSPS) is 15.3. The molecule has 1 amide bonds. The van der Waals surface area contributed by atoms with Crippen LogP contribution in [0, 0.1) is 0 Å². The molecule has 0 unspecified atom stereocenters. The molecule has 0 spiro atoms. The molecule has 1 aromatic carbocycles. The van der Waals surface area contributed by atoms with E-state index in [1.807, 2.05) is 12.1 Å². The smallest absolute Gasteiger partial charge is 0.234 e. The second-order valence-corrected chi connectivity index (χ2v) is 7.57. The summed E-state index contributed by atoms with van der Waals surface area (Å²) in [5.74, 6) is 1.95. The summed E-state index contributed by atoms with van der Waals surface area (Å²) in [6, 6.07) is 8.14. The van der Waals surface area contributed by atoms with Gasteiger partial charge in [-0.3, -0.25) is 4.79 Å². The Kier molecular flexibility index (Phi) is 6.13. The highest BCUT2D eigenvalue weighted by molar-refractivity contribution is 7.99. The topological polar surface area (TPSA) is 59.8 Å². The molecule has 6 heteroatoms. The molecular weight excluding hydrogens is 332 g/mol. The average molecular weight is 359 g/mol. The number of carbonyl (C=O) groups is 1. The highest BCUT2D eigenvalue weighted by atomic mass is 32.2. The summed E-state index contributed by atoms with van der Waals surface area (Å²) in [5, 5.41) is 12.4. The molecule has 0 aliphatic carbocycles. The van der Waals surface area contributed by atoms with Crippen LogP contribution in [0.5, 0.6) is 0 Å². The van der Waals surface area contributed by atoms with Gasteiger partial charge in [-0.15, -0.1) is 10.2 Å². The summed E-state index contributed by atoms with van der Waals surface area (Å²) in [7, 11) is 0. The number of hydrogen-bond acceptors (Lipinski definition) is 4. The molecule has 1 N–H and O–H groups in total. The summed E-state index contributed by atoms with van der Waals surface area (Å²) >= 11 is 1.47. The van der Waals surface area contributed by atoms with Crippen molar-refractivity contribution in [2.45, 2.75) is 63.6 Å². The number of aryl methyl sites for hydroxylation is 1. The molecule has 0 bridgehead atoms. The zero-order valence-electron chi connectivity index (χ0n) is 15.0. The molecule has 1 atom stereocenters. The van der Waals surface area contributed by atoms with Crippen molar-refractivity contribution in [1.82, 2.24) is 14.8 Å². The number of amides is 1. The van der Waals surface area contributed by atoms with Crippen molar-refractivity contribution in [2.75, 3.05) is 11.1 Å². The van der Waals surface area contributed by atoms with Gasteiger partial charge in [-0.1, -0.05) is 44.2 Å². The maximum Gasteiger partial charge on any atom is 0.234 e. The molecule has 0 saturated heterocycles.